The first-order valence-corrected chi connectivity index (χ1v) is 5.87. The molecule has 0 aliphatic rings. The third-order valence-electron chi connectivity index (χ3n) is 2.00. The second kappa shape index (κ2) is 10.7. The van der Waals surface area contributed by atoms with E-state index in [2.05, 4.69) is 5.32 Å². The lowest BCUT2D eigenvalue weighted by atomic mass is 10.4. The number of ether oxygens (including phenoxy) is 2. The molecular formula is C12H22N2O4. The summed E-state index contributed by atoms with van der Waals surface area (Å²) in [6.07, 6.45) is 3.03. The zero-order chi connectivity index (χ0) is 13.8. The summed E-state index contributed by atoms with van der Waals surface area (Å²) in [6, 6.07) is 0. The molecule has 0 bridgehead atoms. The number of nitrogens with one attached hydrogen (secondary N) is 1. The average molecular weight is 258 g/mol. The number of hydrogen-bond donors (Lipinski definition) is 1. The van der Waals surface area contributed by atoms with Gasteiger partial charge in [-0.3, -0.25) is 9.69 Å². The van der Waals surface area contributed by atoms with Crippen LogP contribution < -0.4 is 5.32 Å². The number of amides is 1. The van der Waals surface area contributed by atoms with Crippen molar-refractivity contribution >= 4 is 11.9 Å². The van der Waals surface area contributed by atoms with Gasteiger partial charge in [-0.15, -0.1) is 0 Å². The van der Waals surface area contributed by atoms with Gasteiger partial charge < -0.3 is 14.8 Å². The van der Waals surface area contributed by atoms with Crippen LogP contribution in [0.3, 0.4) is 0 Å². The van der Waals surface area contributed by atoms with Crippen molar-refractivity contribution in [2.24, 2.45) is 0 Å². The number of nitrogens with zero attached hydrogens (tertiary/aromatic N) is 1. The fraction of sp³-hybridized carbons (Fsp3) is 0.667. The number of carbonyl (C=O) groups excluding carboxylic acids is 2. The summed E-state index contributed by atoms with van der Waals surface area (Å²) in [5, 5.41) is 2.71. The van der Waals surface area contributed by atoms with Crippen molar-refractivity contribution in [1.82, 2.24) is 10.2 Å². The molecule has 0 heterocycles. The van der Waals surface area contributed by atoms with Gasteiger partial charge >= 0.3 is 5.97 Å². The van der Waals surface area contributed by atoms with Crippen molar-refractivity contribution in [1.29, 1.82) is 0 Å². The van der Waals surface area contributed by atoms with E-state index >= 15 is 0 Å². The van der Waals surface area contributed by atoms with E-state index in [9.17, 15) is 9.59 Å². The standard InChI is InChI=1S/C12H22N2O4/c1-4-18-12(16)6-5-8-14(2)10-11(15)13-7-9-17-3/h5-6H,4,7-10H2,1-3H3,(H,13,15)/b6-5+. The van der Waals surface area contributed by atoms with E-state index in [1.54, 1.807) is 32.1 Å². The molecule has 0 saturated heterocycles. The van der Waals surface area contributed by atoms with E-state index in [1.807, 2.05) is 0 Å². The maximum Gasteiger partial charge on any atom is 0.330 e. The highest BCUT2D eigenvalue weighted by molar-refractivity contribution is 5.82. The van der Waals surface area contributed by atoms with Crippen LogP contribution in [-0.4, -0.2) is 63.8 Å². The van der Waals surface area contributed by atoms with E-state index in [0.717, 1.165) is 0 Å². The predicted octanol–water partition coefficient (Wildman–Crippen LogP) is -0.200. The minimum Gasteiger partial charge on any atom is -0.463 e. The van der Waals surface area contributed by atoms with Crippen LogP contribution in [0.5, 0.6) is 0 Å². The molecule has 0 aromatic heterocycles. The van der Waals surface area contributed by atoms with Crippen molar-refractivity contribution in [3.05, 3.63) is 12.2 Å². The van der Waals surface area contributed by atoms with Crippen LogP contribution in [-0.2, 0) is 19.1 Å². The van der Waals surface area contributed by atoms with Gasteiger partial charge in [-0.1, -0.05) is 6.08 Å². The molecule has 0 aliphatic carbocycles. The first kappa shape index (κ1) is 16.6. The van der Waals surface area contributed by atoms with Gasteiger partial charge in [0, 0.05) is 26.3 Å². The van der Waals surface area contributed by atoms with Crippen LogP contribution in [0.25, 0.3) is 0 Å². The summed E-state index contributed by atoms with van der Waals surface area (Å²) in [7, 11) is 3.38. The maximum absolute atomic E-state index is 11.4. The Labute approximate surface area is 108 Å². The summed E-state index contributed by atoms with van der Waals surface area (Å²) in [6.45, 7) is 3.90. The third-order valence-corrected chi connectivity index (χ3v) is 2.00. The zero-order valence-corrected chi connectivity index (χ0v) is 11.3. The summed E-state index contributed by atoms with van der Waals surface area (Å²) in [4.78, 5) is 24.2. The molecule has 6 heteroatoms. The Morgan fingerprint density at radius 2 is 2.11 bits per heavy atom. The summed E-state index contributed by atoms with van der Waals surface area (Å²) < 4.78 is 9.55. The third kappa shape index (κ3) is 9.80. The van der Waals surface area contributed by atoms with Crippen molar-refractivity contribution < 1.29 is 19.1 Å². The number of carbonyl (C=O) groups is 2. The lowest BCUT2D eigenvalue weighted by Crippen LogP contribution is -2.36. The van der Waals surface area contributed by atoms with Gasteiger partial charge in [0.2, 0.25) is 5.91 Å². The summed E-state index contributed by atoms with van der Waals surface area (Å²) in [5.74, 6) is -0.436. The van der Waals surface area contributed by atoms with E-state index in [4.69, 9.17) is 9.47 Å². The van der Waals surface area contributed by atoms with Crippen molar-refractivity contribution in [2.75, 3.05) is 47.0 Å². The van der Waals surface area contributed by atoms with Gasteiger partial charge in [0.25, 0.3) is 0 Å². The molecular weight excluding hydrogens is 236 g/mol. The van der Waals surface area contributed by atoms with E-state index in [-0.39, 0.29) is 18.4 Å². The van der Waals surface area contributed by atoms with Crippen LogP contribution in [0.1, 0.15) is 6.92 Å². The van der Waals surface area contributed by atoms with Gasteiger partial charge in [0.05, 0.1) is 19.8 Å². The molecule has 0 fully saturated rings. The highest BCUT2D eigenvalue weighted by Gasteiger charge is 2.04. The molecule has 6 nitrogen and oxygen atoms in total. The first-order valence-electron chi connectivity index (χ1n) is 5.87. The van der Waals surface area contributed by atoms with Crippen LogP contribution in [0.15, 0.2) is 12.2 Å². The molecule has 104 valence electrons. The molecule has 0 atom stereocenters. The lowest BCUT2D eigenvalue weighted by molar-refractivity contribution is -0.137. The molecule has 0 aromatic carbocycles. The Balaban J connectivity index is 3.72. The van der Waals surface area contributed by atoms with Crippen LogP contribution in [0, 0.1) is 0 Å². The molecule has 0 spiro atoms. The number of rotatable bonds is 9. The number of hydrogen-bond acceptors (Lipinski definition) is 5. The summed E-state index contributed by atoms with van der Waals surface area (Å²) in [5.41, 5.74) is 0. The fourth-order valence-electron chi connectivity index (χ4n) is 1.18. The Morgan fingerprint density at radius 1 is 1.39 bits per heavy atom. The Hall–Kier alpha value is -1.40. The van der Waals surface area contributed by atoms with Crippen LogP contribution in [0.4, 0.5) is 0 Å². The van der Waals surface area contributed by atoms with Crippen LogP contribution in [0.2, 0.25) is 0 Å². The van der Waals surface area contributed by atoms with Gasteiger partial charge in [-0.25, -0.2) is 4.79 Å². The molecule has 0 aromatic rings. The molecule has 0 saturated carbocycles. The second-order valence-electron chi connectivity index (χ2n) is 3.69. The molecule has 0 aliphatic heterocycles. The maximum atomic E-state index is 11.4. The fourth-order valence-corrected chi connectivity index (χ4v) is 1.18. The average Bonchev–Trinajstić information content (AvgIpc) is 2.29. The van der Waals surface area contributed by atoms with Crippen LogP contribution >= 0.6 is 0 Å². The normalized spacial score (nSPS) is 10.9. The monoisotopic (exact) mass is 258 g/mol. The molecule has 0 rings (SSSR count). The number of esters is 1. The Kier molecular flexibility index (Phi) is 9.90. The largest absolute Gasteiger partial charge is 0.463 e. The van der Waals surface area contributed by atoms with Gasteiger partial charge in [-0.05, 0) is 14.0 Å². The number of likely N-dealkylation sites (N-methyl/N-ethyl adjacent to an activating group) is 1. The highest BCUT2D eigenvalue weighted by Crippen LogP contribution is 1.86. The Bertz CT molecular complexity index is 279. The minimum atomic E-state index is -0.365. The van der Waals surface area contributed by atoms with Gasteiger partial charge in [0.15, 0.2) is 0 Å². The van der Waals surface area contributed by atoms with Crippen molar-refractivity contribution in [3.8, 4) is 0 Å². The van der Waals surface area contributed by atoms with E-state index < -0.39 is 0 Å². The number of methoxy groups -OCH3 is 1. The quantitative estimate of drug-likeness (QED) is 0.352. The SMILES string of the molecule is CCOC(=O)/C=C/CN(C)CC(=O)NCCOC. The van der Waals surface area contributed by atoms with Crippen molar-refractivity contribution in [2.45, 2.75) is 6.92 Å². The summed E-state index contributed by atoms with van der Waals surface area (Å²) >= 11 is 0. The van der Waals surface area contributed by atoms with Gasteiger partial charge in [0.1, 0.15) is 0 Å². The molecule has 1 N–H and O–H groups in total. The molecule has 1 amide bonds. The predicted molar refractivity (Wildman–Crippen MR) is 68.2 cm³/mol. The zero-order valence-electron chi connectivity index (χ0n) is 11.3. The molecule has 0 radical (unpaired) electrons. The smallest absolute Gasteiger partial charge is 0.330 e. The molecule has 0 unspecified atom stereocenters. The van der Waals surface area contributed by atoms with Gasteiger partial charge in [-0.2, -0.15) is 0 Å². The van der Waals surface area contributed by atoms with E-state index in [0.29, 0.717) is 26.3 Å². The van der Waals surface area contributed by atoms with E-state index in [1.165, 1.54) is 6.08 Å². The highest BCUT2D eigenvalue weighted by atomic mass is 16.5. The second-order valence-corrected chi connectivity index (χ2v) is 3.69. The Morgan fingerprint density at radius 3 is 2.72 bits per heavy atom. The topological polar surface area (TPSA) is 67.9 Å². The lowest BCUT2D eigenvalue weighted by Gasteiger charge is -2.13. The van der Waals surface area contributed by atoms with Crippen molar-refractivity contribution in [3.63, 3.8) is 0 Å². The minimum absolute atomic E-state index is 0.0703. The molecule has 18 heavy (non-hydrogen) atoms. The first-order chi connectivity index (χ1) is 8.60.